The lowest BCUT2D eigenvalue weighted by Gasteiger charge is -2.32. The second-order valence-corrected chi connectivity index (χ2v) is 11.2. The molecular weight excluding hydrogens is 486 g/mol. The molecule has 2 amide bonds. The van der Waals surface area contributed by atoms with E-state index in [4.69, 9.17) is 0 Å². The molecule has 4 rings (SSSR count). The summed E-state index contributed by atoms with van der Waals surface area (Å²) in [5.74, 6) is -0.686. The van der Waals surface area contributed by atoms with Crippen LogP contribution in [0.1, 0.15) is 38.2 Å². The molecule has 1 saturated carbocycles. The van der Waals surface area contributed by atoms with E-state index in [0.29, 0.717) is 5.69 Å². The van der Waals surface area contributed by atoms with Gasteiger partial charge >= 0.3 is 0 Å². The standard InChI is InChI=1S/C29H33N3O4S/c1-23(29(34)30-25-15-11-12-16-25)31(21-24-13-5-2-6-14-24)28(33)22-32(26-17-7-3-8-18-26)37(35,36)27-19-9-4-10-20-27/h2-10,13-14,17-20,23,25H,11-12,15-16,21-22H2,1H3,(H,30,34). The van der Waals surface area contributed by atoms with Crippen molar-refractivity contribution in [1.82, 2.24) is 10.2 Å². The number of sulfonamides is 1. The number of carbonyl (C=O) groups is 2. The quantitative estimate of drug-likeness (QED) is 0.431. The van der Waals surface area contributed by atoms with Crippen LogP contribution in [0.25, 0.3) is 0 Å². The van der Waals surface area contributed by atoms with Crippen LogP contribution in [0.15, 0.2) is 95.9 Å². The van der Waals surface area contributed by atoms with Crippen molar-refractivity contribution in [3.05, 3.63) is 96.6 Å². The Morgan fingerprint density at radius 3 is 2.00 bits per heavy atom. The van der Waals surface area contributed by atoms with Gasteiger partial charge in [-0.3, -0.25) is 13.9 Å². The third kappa shape index (κ3) is 6.57. The molecule has 3 aromatic carbocycles. The average molecular weight is 520 g/mol. The number of rotatable bonds is 10. The van der Waals surface area contributed by atoms with Crippen molar-refractivity contribution < 1.29 is 18.0 Å². The summed E-state index contributed by atoms with van der Waals surface area (Å²) in [4.78, 5) is 28.6. The maximum atomic E-state index is 13.8. The van der Waals surface area contributed by atoms with Crippen LogP contribution in [0.4, 0.5) is 5.69 Å². The van der Waals surface area contributed by atoms with Gasteiger partial charge in [-0.2, -0.15) is 0 Å². The molecule has 1 unspecified atom stereocenters. The summed E-state index contributed by atoms with van der Waals surface area (Å²) in [6, 6.07) is 25.4. The Labute approximate surface area is 219 Å². The second kappa shape index (κ2) is 12.1. The highest BCUT2D eigenvalue weighted by Crippen LogP contribution is 2.24. The van der Waals surface area contributed by atoms with E-state index in [9.17, 15) is 18.0 Å². The Balaban J connectivity index is 1.64. The van der Waals surface area contributed by atoms with Gasteiger partial charge in [0.15, 0.2) is 0 Å². The summed E-state index contributed by atoms with van der Waals surface area (Å²) < 4.78 is 28.4. The van der Waals surface area contributed by atoms with Crippen molar-refractivity contribution in [3.8, 4) is 0 Å². The molecule has 194 valence electrons. The molecule has 7 nitrogen and oxygen atoms in total. The highest BCUT2D eigenvalue weighted by atomic mass is 32.2. The van der Waals surface area contributed by atoms with Crippen LogP contribution >= 0.6 is 0 Å². The second-order valence-electron chi connectivity index (χ2n) is 9.33. The first kappa shape index (κ1) is 26.4. The van der Waals surface area contributed by atoms with E-state index in [1.807, 2.05) is 30.3 Å². The number of nitrogens with zero attached hydrogens (tertiary/aromatic N) is 2. The lowest BCUT2D eigenvalue weighted by Crippen LogP contribution is -2.52. The zero-order valence-corrected chi connectivity index (χ0v) is 21.8. The molecule has 1 atom stereocenters. The average Bonchev–Trinajstić information content (AvgIpc) is 3.44. The maximum Gasteiger partial charge on any atom is 0.264 e. The van der Waals surface area contributed by atoms with E-state index in [0.717, 1.165) is 35.6 Å². The zero-order chi connectivity index (χ0) is 26.3. The van der Waals surface area contributed by atoms with Gasteiger partial charge < -0.3 is 10.2 Å². The fourth-order valence-corrected chi connectivity index (χ4v) is 6.03. The molecule has 3 aromatic rings. The number of amides is 2. The van der Waals surface area contributed by atoms with Crippen LogP contribution in [-0.4, -0.2) is 43.8 Å². The number of hydrogen-bond acceptors (Lipinski definition) is 4. The van der Waals surface area contributed by atoms with Gasteiger partial charge in [0.2, 0.25) is 11.8 Å². The van der Waals surface area contributed by atoms with Crippen LogP contribution in [0, 0.1) is 0 Å². The Morgan fingerprint density at radius 1 is 0.865 bits per heavy atom. The summed E-state index contributed by atoms with van der Waals surface area (Å²) >= 11 is 0. The number of para-hydroxylation sites is 1. The topological polar surface area (TPSA) is 86.8 Å². The molecule has 0 aromatic heterocycles. The van der Waals surface area contributed by atoms with Gasteiger partial charge in [0.1, 0.15) is 12.6 Å². The van der Waals surface area contributed by atoms with Gasteiger partial charge in [0.05, 0.1) is 10.6 Å². The number of carbonyl (C=O) groups excluding carboxylic acids is 2. The van der Waals surface area contributed by atoms with E-state index in [2.05, 4.69) is 5.32 Å². The first-order valence-corrected chi connectivity index (χ1v) is 14.1. The minimum atomic E-state index is -4.03. The summed E-state index contributed by atoms with van der Waals surface area (Å²) in [6.07, 6.45) is 4.02. The molecule has 0 saturated heterocycles. The summed E-state index contributed by atoms with van der Waals surface area (Å²) in [7, 11) is -4.03. The number of nitrogens with one attached hydrogen (secondary N) is 1. The molecule has 0 aliphatic heterocycles. The van der Waals surface area contributed by atoms with Crippen molar-refractivity contribution in [2.45, 2.75) is 56.1 Å². The Bertz CT molecular complexity index is 1280. The Hall–Kier alpha value is -3.65. The van der Waals surface area contributed by atoms with Gasteiger partial charge in [0.25, 0.3) is 10.0 Å². The van der Waals surface area contributed by atoms with Crippen LogP contribution in [0.3, 0.4) is 0 Å². The fraction of sp³-hybridized carbons (Fsp3) is 0.310. The summed E-state index contributed by atoms with van der Waals surface area (Å²) in [6.45, 7) is 1.45. The molecule has 1 aliphatic rings. The van der Waals surface area contributed by atoms with Crippen LogP contribution in [0.5, 0.6) is 0 Å². The molecule has 8 heteroatoms. The molecule has 0 bridgehead atoms. The van der Waals surface area contributed by atoms with Gasteiger partial charge in [-0.15, -0.1) is 0 Å². The van der Waals surface area contributed by atoms with Crippen molar-refractivity contribution in [2.75, 3.05) is 10.8 Å². The largest absolute Gasteiger partial charge is 0.352 e. The smallest absolute Gasteiger partial charge is 0.264 e. The van der Waals surface area contributed by atoms with Crippen LogP contribution < -0.4 is 9.62 Å². The highest BCUT2D eigenvalue weighted by molar-refractivity contribution is 7.92. The van der Waals surface area contributed by atoms with Crippen LogP contribution in [0.2, 0.25) is 0 Å². The number of hydrogen-bond donors (Lipinski definition) is 1. The normalized spacial score (nSPS) is 14.6. The van der Waals surface area contributed by atoms with Crippen molar-refractivity contribution >= 4 is 27.5 Å². The Kier molecular flexibility index (Phi) is 8.61. The first-order valence-electron chi connectivity index (χ1n) is 12.6. The van der Waals surface area contributed by atoms with Crippen molar-refractivity contribution in [2.24, 2.45) is 0 Å². The molecule has 0 spiro atoms. The SMILES string of the molecule is CC(C(=O)NC1CCCC1)N(Cc1ccccc1)C(=O)CN(c1ccccc1)S(=O)(=O)c1ccccc1. The zero-order valence-electron chi connectivity index (χ0n) is 21.0. The van der Waals surface area contributed by atoms with Gasteiger partial charge in [-0.1, -0.05) is 79.6 Å². The summed E-state index contributed by atoms with van der Waals surface area (Å²) in [5.41, 5.74) is 1.23. The van der Waals surface area contributed by atoms with E-state index in [-0.39, 0.29) is 23.4 Å². The molecular formula is C29H33N3O4S. The minimum Gasteiger partial charge on any atom is -0.352 e. The fourth-order valence-electron chi connectivity index (χ4n) is 4.60. The predicted octanol–water partition coefficient (Wildman–Crippen LogP) is 4.36. The third-order valence-corrected chi connectivity index (χ3v) is 8.51. The third-order valence-electron chi connectivity index (χ3n) is 6.72. The van der Waals surface area contributed by atoms with Crippen LogP contribution in [-0.2, 0) is 26.2 Å². The van der Waals surface area contributed by atoms with Crippen molar-refractivity contribution in [1.29, 1.82) is 0 Å². The number of anilines is 1. The van der Waals surface area contributed by atoms with Gasteiger partial charge in [-0.05, 0) is 49.6 Å². The first-order chi connectivity index (χ1) is 17.9. The summed E-state index contributed by atoms with van der Waals surface area (Å²) in [5, 5.41) is 3.08. The molecule has 1 N–H and O–H groups in total. The molecule has 0 heterocycles. The molecule has 37 heavy (non-hydrogen) atoms. The minimum absolute atomic E-state index is 0.0910. The van der Waals surface area contributed by atoms with E-state index in [1.165, 1.54) is 17.0 Å². The predicted molar refractivity (Wildman–Crippen MR) is 144 cm³/mol. The van der Waals surface area contributed by atoms with E-state index in [1.54, 1.807) is 55.5 Å². The highest BCUT2D eigenvalue weighted by Gasteiger charge is 2.33. The van der Waals surface area contributed by atoms with E-state index < -0.39 is 28.5 Å². The van der Waals surface area contributed by atoms with Gasteiger partial charge in [-0.25, -0.2) is 8.42 Å². The monoisotopic (exact) mass is 519 g/mol. The lowest BCUT2D eigenvalue weighted by molar-refractivity contribution is -0.139. The van der Waals surface area contributed by atoms with E-state index >= 15 is 0 Å². The Morgan fingerprint density at radius 2 is 1.41 bits per heavy atom. The molecule has 1 aliphatic carbocycles. The van der Waals surface area contributed by atoms with Crippen molar-refractivity contribution in [3.63, 3.8) is 0 Å². The van der Waals surface area contributed by atoms with Gasteiger partial charge in [0, 0.05) is 12.6 Å². The molecule has 1 fully saturated rings. The molecule has 0 radical (unpaired) electrons. The lowest BCUT2D eigenvalue weighted by atomic mass is 10.1. The number of benzene rings is 3. The maximum absolute atomic E-state index is 13.8.